The summed E-state index contributed by atoms with van der Waals surface area (Å²) in [6.45, 7) is 4.32. The molecule has 0 spiro atoms. The van der Waals surface area contributed by atoms with E-state index in [4.69, 9.17) is 4.74 Å². The van der Waals surface area contributed by atoms with Gasteiger partial charge >= 0.3 is 0 Å². The van der Waals surface area contributed by atoms with Crippen LogP contribution in [0.15, 0.2) is 48.7 Å². The van der Waals surface area contributed by atoms with E-state index in [1.165, 1.54) is 5.56 Å². The number of likely N-dealkylation sites (tertiary alicyclic amines) is 1. The van der Waals surface area contributed by atoms with Crippen LogP contribution in [0.4, 0.5) is 0 Å². The highest BCUT2D eigenvalue weighted by molar-refractivity contribution is 5.94. The Morgan fingerprint density at radius 1 is 1.18 bits per heavy atom. The van der Waals surface area contributed by atoms with Crippen LogP contribution in [-0.2, 0) is 6.54 Å². The number of hydrogen-bond donors (Lipinski definition) is 1. The van der Waals surface area contributed by atoms with Crippen molar-refractivity contribution in [1.29, 1.82) is 0 Å². The molecule has 1 aliphatic rings. The first-order valence-corrected chi connectivity index (χ1v) is 9.80. The molecule has 0 unspecified atom stereocenters. The fraction of sp³-hybridized carbons (Fsp3) is 0.364. The molecule has 6 nitrogen and oxygen atoms in total. The predicted octanol–water partition coefficient (Wildman–Crippen LogP) is 3.43. The van der Waals surface area contributed by atoms with Gasteiger partial charge in [0.05, 0.1) is 12.8 Å². The molecule has 6 heteroatoms. The summed E-state index contributed by atoms with van der Waals surface area (Å²) in [5.74, 6) is 0.881. The summed E-state index contributed by atoms with van der Waals surface area (Å²) in [5.41, 5.74) is 3.44. The molecular weight excluding hydrogens is 352 g/mol. The number of rotatable bonds is 6. The topological polar surface area (TPSA) is 58.9 Å². The zero-order chi connectivity index (χ0) is 19.5. The first-order valence-electron chi connectivity index (χ1n) is 9.80. The maximum absolute atomic E-state index is 13.0. The van der Waals surface area contributed by atoms with Crippen LogP contribution in [0, 0.1) is 0 Å². The molecule has 1 fully saturated rings. The van der Waals surface area contributed by atoms with E-state index in [9.17, 15) is 4.79 Å². The number of imidazole rings is 1. The Labute approximate surface area is 165 Å². The van der Waals surface area contributed by atoms with Gasteiger partial charge < -0.3 is 19.4 Å². The Morgan fingerprint density at radius 2 is 1.93 bits per heavy atom. The number of benzene rings is 1. The third-order valence-corrected chi connectivity index (χ3v) is 5.42. The number of nitrogens with zero attached hydrogens (tertiary/aromatic N) is 3. The summed E-state index contributed by atoms with van der Waals surface area (Å²) in [7, 11) is 1.67. The number of carbonyl (C=O) groups excluding carboxylic acids is 1. The third kappa shape index (κ3) is 3.60. The van der Waals surface area contributed by atoms with Crippen molar-refractivity contribution in [2.45, 2.75) is 32.4 Å². The highest BCUT2D eigenvalue weighted by Crippen LogP contribution is 2.21. The van der Waals surface area contributed by atoms with Crippen LogP contribution >= 0.6 is 0 Å². The van der Waals surface area contributed by atoms with Gasteiger partial charge in [-0.25, -0.2) is 4.98 Å². The predicted molar refractivity (Wildman–Crippen MR) is 109 cm³/mol. The Morgan fingerprint density at radius 3 is 2.64 bits per heavy atom. The molecule has 1 aliphatic heterocycles. The molecule has 0 radical (unpaired) electrons. The van der Waals surface area contributed by atoms with Crippen LogP contribution in [-0.4, -0.2) is 40.4 Å². The number of hydrogen-bond acceptors (Lipinski definition) is 4. The first kappa shape index (κ1) is 18.5. The Bertz CT molecular complexity index is 958. The van der Waals surface area contributed by atoms with E-state index in [0.717, 1.165) is 43.0 Å². The van der Waals surface area contributed by atoms with Gasteiger partial charge in [0.15, 0.2) is 5.69 Å². The molecule has 1 aromatic carbocycles. The Kier molecular flexibility index (Phi) is 5.30. The smallest absolute Gasteiger partial charge is 0.274 e. The van der Waals surface area contributed by atoms with E-state index in [0.29, 0.717) is 12.2 Å². The molecule has 1 N–H and O–H groups in total. The molecular formula is C22H26N4O2. The molecule has 0 saturated carbocycles. The van der Waals surface area contributed by atoms with Crippen molar-refractivity contribution in [3.8, 4) is 5.75 Å². The standard InChI is InChI=1S/C22H26N4O2/c1-16(17-8-10-18(28-2)11-9-17)23-15-19-21(22(27)25-12-5-6-13-25)24-20-7-3-4-14-26(19)20/h3-4,7-11,14,16,23H,5-6,12-13,15H2,1-2H3/t16-/m1/s1. The van der Waals surface area contributed by atoms with Gasteiger partial charge in [-0.05, 0) is 49.6 Å². The first-order chi connectivity index (χ1) is 13.7. The number of aromatic nitrogens is 2. The average molecular weight is 378 g/mol. The van der Waals surface area contributed by atoms with Crippen molar-refractivity contribution in [3.05, 3.63) is 65.6 Å². The zero-order valence-electron chi connectivity index (χ0n) is 16.4. The number of amides is 1. The number of nitrogens with one attached hydrogen (secondary N) is 1. The van der Waals surface area contributed by atoms with Gasteiger partial charge in [0.25, 0.3) is 5.91 Å². The van der Waals surface area contributed by atoms with Crippen LogP contribution in [0.3, 0.4) is 0 Å². The number of pyridine rings is 1. The molecule has 1 amide bonds. The minimum absolute atomic E-state index is 0.0371. The highest BCUT2D eigenvalue weighted by Gasteiger charge is 2.26. The molecule has 2 aromatic heterocycles. The van der Waals surface area contributed by atoms with E-state index >= 15 is 0 Å². The summed E-state index contributed by atoms with van der Waals surface area (Å²) in [4.78, 5) is 19.6. The van der Waals surface area contributed by atoms with E-state index in [-0.39, 0.29) is 11.9 Å². The second-order valence-corrected chi connectivity index (χ2v) is 7.21. The Balaban J connectivity index is 1.58. The van der Waals surface area contributed by atoms with Gasteiger partial charge in [-0.2, -0.15) is 0 Å². The van der Waals surface area contributed by atoms with E-state index in [1.54, 1.807) is 7.11 Å². The summed E-state index contributed by atoms with van der Waals surface area (Å²) in [5, 5.41) is 3.54. The van der Waals surface area contributed by atoms with Crippen LogP contribution in [0.2, 0.25) is 0 Å². The molecule has 4 rings (SSSR count). The minimum atomic E-state index is 0.0371. The minimum Gasteiger partial charge on any atom is -0.497 e. The van der Waals surface area contributed by atoms with Crippen molar-refractivity contribution >= 4 is 11.6 Å². The van der Waals surface area contributed by atoms with Crippen molar-refractivity contribution in [3.63, 3.8) is 0 Å². The van der Waals surface area contributed by atoms with Crippen molar-refractivity contribution < 1.29 is 9.53 Å². The molecule has 3 heterocycles. The lowest BCUT2D eigenvalue weighted by Gasteiger charge is -2.17. The van der Waals surface area contributed by atoms with Crippen molar-refractivity contribution in [1.82, 2.24) is 19.6 Å². The SMILES string of the molecule is COc1ccc([C@@H](C)NCc2c(C(=O)N3CCCC3)nc3ccccn23)cc1. The van der Waals surface area contributed by atoms with Crippen LogP contribution < -0.4 is 10.1 Å². The molecule has 3 aromatic rings. The van der Waals surface area contributed by atoms with Crippen molar-refractivity contribution in [2.24, 2.45) is 0 Å². The highest BCUT2D eigenvalue weighted by atomic mass is 16.5. The number of ether oxygens (including phenoxy) is 1. The summed E-state index contributed by atoms with van der Waals surface area (Å²) >= 11 is 0. The zero-order valence-corrected chi connectivity index (χ0v) is 16.4. The summed E-state index contributed by atoms with van der Waals surface area (Å²) in [6.07, 6.45) is 4.11. The molecule has 1 atom stereocenters. The summed E-state index contributed by atoms with van der Waals surface area (Å²) in [6, 6.07) is 14.0. The molecule has 1 saturated heterocycles. The molecule has 0 aliphatic carbocycles. The second kappa shape index (κ2) is 8.02. The van der Waals surface area contributed by atoms with Crippen LogP contribution in [0.1, 0.15) is 47.6 Å². The van der Waals surface area contributed by atoms with E-state index in [1.807, 2.05) is 45.8 Å². The number of methoxy groups -OCH3 is 1. The Hall–Kier alpha value is -2.86. The largest absolute Gasteiger partial charge is 0.497 e. The second-order valence-electron chi connectivity index (χ2n) is 7.21. The maximum Gasteiger partial charge on any atom is 0.274 e. The van der Waals surface area contributed by atoms with Gasteiger partial charge in [0.1, 0.15) is 11.4 Å². The normalized spacial score (nSPS) is 15.1. The third-order valence-electron chi connectivity index (χ3n) is 5.42. The van der Waals surface area contributed by atoms with Crippen molar-refractivity contribution in [2.75, 3.05) is 20.2 Å². The fourth-order valence-corrected chi connectivity index (χ4v) is 3.72. The maximum atomic E-state index is 13.0. The lowest BCUT2D eigenvalue weighted by Crippen LogP contribution is -2.30. The van der Waals surface area contributed by atoms with Gasteiger partial charge in [0.2, 0.25) is 0 Å². The van der Waals surface area contributed by atoms with Gasteiger partial charge in [-0.3, -0.25) is 4.79 Å². The lowest BCUT2D eigenvalue weighted by molar-refractivity contribution is 0.0786. The molecule has 28 heavy (non-hydrogen) atoms. The number of carbonyl (C=O) groups is 1. The lowest BCUT2D eigenvalue weighted by atomic mass is 10.1. The average Bonchev–Trinajstić information content (AvgIpc) is 3.40. The summed E-state index contributed by atoms with van der Waals surface area (Å²) < 4.78 is 7.24. The number of fused-ring (bicyclic) bond motifs is 1. The van der Waals surface area contributed by atoms with Gasteiger partial charge in [-0.1, -0.05) is 18.2 Å². The monoisotopic (exact) mass is 378 g/mol. The van der Waals surface area contributed by atoms with Crippen LogP contribution in [0.25, 0.3) is 5.65 Å². The van der Waals surface area contributed by atoms with Gasteiger partial charge in [0, 0.05) is 31.9 Å². The van der Waals surface area contributed by atoms with E-state index < -0.39 is 0 Å². The van der Waals surface area contributed by atoms with E-state index in [2.05, 4.69) is 29.4 Å². The van der Waals surface area contributed by atoms with Gasteiger partial charge in [-0.15, -0.1) is 0 Å². The van der Waals surface area contributed by atoms with Crippen LogP contribution in [0.5, 0.6) is 5.75 Å². The quantitative estimate of drug-likeness (QED) is 0.714. The fourth-order valence-electron chi connectivity index (χ4n) is 3.72. The molecule has 146 valence electrons. The molecule has 0 bridgehead atoms.